The molecule has 1 aromatic rings. The number of hydrogen-bond donors (Lipinski definition) is 0. The van der Waals surface area contributed by atoms with Gasteiger partial charge in [0.2, 0.25) is 0 Å². The number of carbonyl (C=O) groups is 2. The van der Waals surface area contributed by atoms with Crippen molar-refractivity contribution in [2.75, 3.05) is 30.4 Å². The van der Waals surface area contributed by atoms with Crippen LogP contribution in [0.1, 0.15) is 13.3 Å². The molecular formula is C16H20ClNO5S2. The number of thioether (sulfide) groups is 1. The van der Waals surface area contributed by atoms with Gasteiger partial charge in [0, 0.05) is 22.5 Å². The molecule has 0 spiro atoms. The van der Waals surface area contributed by atoms with Gasteiger partial charge in [-0.05, 0) is 37.6 Å². The van der Waals surface area contributed by atoms with E-state index in [4.69, 9.17) is 16.3 Å². The molecule has 0 aliphatic carbocycles. The summed E-state index contributed by atoms with van der Waals surface area (Å²) in [6.07, 6.45) is 0.433. The SMILES string of the molecule is CCN(C(=O)COC(=O)CSc1ccc(Cl)cc1)C1CCS(=O)(=O)C1. The van der Waals surface area contributed by atoms with Crippen LogP contribution in [0, 0.1) is 0 Å². The average Bonchev–Trinajstić information content (AvgIpc) is 2.92. The highest BCUT2D eigenvalue weighted by Gasteiger charge is 2.34. The van der Waals surface area contributed by atoms with Crippen LogP contribution in [0.15, 0.2) is 29.2 Å². The number of nitrogens with zero attached hydrogens (tertiary/aromatic N) is 1. The molecule has 1 aliphatic rings. The van der Waals surface area contributed by atoms with Crippen LogP contribution in [0.25, 0.3) is 0 Å². The first kappa shape index (κ1) is 20.1. The van der Waals surface area contributed by atoms with Crippen molar-refractivity contribution in [3.8, 4) is 0 Å². The van der Waals surface area contributed by atoms with E-state index < -0.39 is 15.8 Å². The molecule has 0 N–H and O–H groups in total. The molecular weight excluding hydrogens is 386 g/mol. The van der Waals surface area contributed by atoms with E-state index in [1.165, 1.54) is 16.7 Å². The van der Waals surface area contributed by atoms with Crippen molar-refractivity contribution < 1.29 is 22.7 Å². The van der Waals surface area contributed by atoms with E-state index in [9.17, 15) is 18.0 Å². The average molecular weight is 406 g/mol. The van der Waals surface area contributed by atoms with Gasteiger partial charge in [-0.25, -0.2) is 8.42 Å². The van der Waals surface area contributed by atoms with Crippen molar-refractivity contribution in [2.24, 2.45) is 0 Å². The number of rotatable bonds is 7. The molecule has 0 radical (unpaired) electrons. The number of carbonyl (C=O) groups excluding carboxylic acids is 2. The summed E-state index contributed by atoms with van der Waals surface area (Å²) in [4.78, 5) is 26.4. The van der Waals surface area contributed by atoms with Crippen LogP contribution in [0.2, 0.25) is 5.02 Å². The van der Waals surface area contributed by atoms with Gasteiger partial charge >= 0.3 is 5.97 Å². The summed E-state index contributed by atoms with van der Waals surface area (Å²) in [5, 5.41) is 0.617. The van der Waals surface area contributed by atoms with E-state index in [2.05, 4.69) is 0 Å². The molecule has 1 fully saturated rings. The highest BCUT2D eigenvalue weighted by molar-refractivity contribution is 8.00. The van der Waals surface area contributed by atoms with Gasteiger partial charge in [-0.3, -0.25) is 9.59 Å². The summed E-state index contributed by atoms with van der Waals surface area (Å²) in [6.45, 7) is 1.79. The maximum absolute atomic E-state index is 12.2. The van der Waals surface area contributed by atoms with E-state index in [-0.39, 0.29) is 35.8 Å². The Bertz CT molecular complexity index is 721. The molecule has 2 rings (SSSR count). The zero-order chi connectivity index (χ0) is 18.4. The Morgan fingerprint density at radius 2 is 2.00 bits per heavy atom. The van der Waals surface area contributed by atoms with E-state index in [1.54, 1.807) is 31.2 Å². The molecule has 138 valence electrons. The van der Waals surface area contributed by atoms with E-state index in [0.29, 0.717) is 18.0 Å². The van der Waals surface area contributed by atoms with E-state index in [0.717, 1.165) is 4.90 Å². The Balaban J connectivity index is 1.77. The second-order valence-corrected chi connectivity index (χ2v) is 9.35. The Morgan fingerprint density at radius 3 is 2.56 bits per heavy atom. The number of amides is 1. The lowest BCUT2D eigenvalue weighted by Gasteiger charge is -2.26. The standard InChI is InChI=1S/C16H20ClNO5S2/c1-2-18(13-7-8-25(21,22)11-13)15(19)9-23-16(20)10-24-14-5-3-12(17)4-6-14/h3-6,13H,2,7-11H2,1H3. The van der Waals surface area contributed by atoms with Crippen LogP contribution in [0.3, 0.4) is 0 Å². The number of ether oxygens (including phenoxy) is 1. The zero-order valence-corrected chi connectivity index (χ0v) is 16.2. The second-order valence-electron chi connectivity index (χ2n) is 5.64. The molecule has 0 aromatic heterocycles. The third-order valence-corrected chi connectivity index (χ3v) is 6.83. The fraction of sp³-hybridized carbons (Fsp3) is 0.500. The quantitative estimate of drug-likeness (QED) is 0.510. The Morgan fingerprint density at radius 1 is 1.32 bits per heavy atom. The van der Waals surface area contributed by atoms with E-state index in [1.807, 2.05) is 0 Å². The maximum atomic E-state index is 12.2. The van der Waals surface area contributed by atoms with Gasteiger partial charge in [0.1, 0.15) is 0 Å². The number of sulfone groups is 1. The van der Waals surface area contributed by atoms with Gasteiger partial charge in [0.05, 0.1) is 17.3 Å². The second kappa shape index (κ2) is 8.91. The molecule has 1 atom stereocenters. The zero-order valence-electron chi connectivity index (χ0n) is 13.8. The first-order chi connectivity index (χ1) is 11.8. The molecule has 1 heterocycles. The lowest BCUT2D eigenvalue weighted by molar-refractivity contribution is -0.150. The smallest absolute Gasteiger partial charge is 0.316 e. The fourth-order valence-electron chi connectivity index (χ4n) is 2.60. The van der Waals surface area contributed by atoms with Crippen molar-refractivity contribution in [1.82, 2.24) is 4.90 Å². The first-order valence-electron chi connectivity index (χ1n) is 7.84. The van der Waals surface area contributed by atoms with Gasteiger partial charge in [-0.1, -0.05) is 11.6 Å². The van der Waals surface area contributed by atoms with Crippen molar-refractivity contribution in [2.45, 2.75) is 24.3 Å². The predicted molar refractivity (Wildman–Crippen MR) is 97.6 cm³/mol. The van der Waals surface area contributed by atoms with Gasteiger partial charge in [0.15, 0.2) is 16.4 Å². The molecule has 0 bridgehead atoms. The van der Waals surface area contributed by atoms with Crippen LogP contribution >= 0.6 is 23.4 Å². The highest BCUT2D eigenvalue weighted by Crippen LogP contribution is 2.21. The predicted octanol–water partition coefficient (Wildman–Crippen LogP) is 2.01. The summed E-state index contributed by atoms with van der Waals surface area (Å²) in [5.41, 5.74) is 0. The molecule has 25 heavy (non-hydrogen) atoms. The van der Waals surface area contributed by atoms with Gasteiger partial charge in [-0.15, -0.1) is 11.8 Å². The highest BCUT2D eigenvalue weighted by atomic mass is 35.5. The molecule has 1 aromatic carbocycles. The summed E-state index contributed by atoms with van der Waals surface area (Å²) in [5.74, 6) is -0.706. The normalized spacial score (nSPS) is 18.7. The van der Waals surface area contributed by atoms with Crippen LogP contribution in [0.4, 0.5) is 0 Å². The summed E-state index contributed by atoms with van der Waals surface area (Å²) in [6, 6.07) is 6.72. The van der Waals surface area contributed by atoms with Gasteiger partial charge < -0.3 is 9.64 Å². The first-order valence-corrected chi connectivity index (χ1v) is 11.0. The minimum atomic E-state index is -3.07. The van der Waals surface area contributed by atoms with Gasteiger partial charge in [0.25, 0.3) is 5.91 Å². The topological polar surface area (TPSA) is 80.8 Å². The Hall–Kier alpha value is -1.25. The number of benzene rings is 1. The minimum Gasteiger partial charge on any atom is -0.455 e. The Kier molecular flexibility index (Phi) is 7.15. The summed E-state index contributed by atoms with van der Waals surface area (Å²) < 4.78 is 28.1. The molecule has 9 heteroatoms. The summed E-state index contributed by atoms with van der Waals surface area (Å²) >= 11 is 7.08. The Labute approximate surface area is 156 Å². The lowest BCUT2D eigenvalue weighted by Crippen LogP contribution is -2.43. The van der Waals surface area contributed by atoms with Crippen LogP contribution in [0.5, 0.6) is 0 Å². The number of likely N-dealkylation sites (N-methyl/N-ethyl adjacent to an activating group) is 1. The molecule has 1 amide bonds. The van der Waals surface area contributed by atoms with Crippen molar-refractivity contribution in [3.05, 3.63) is 29.3 Å². The largest absolute Gasteiger partial charge is 0.455 e. The number of hydrogen-bond acceptors (Lipinski definition) is 6. The molecule has 1 unspecified atom stereocenters. The lowest BCUT2D eigenvalue weighted by atomic mass is 10.2. The number of esters is 1. The van der Waals surface area contributed by atoms with Crippen molar-refractivity contribution in [3.63, 3.8) is 0 Å². The van der Waals surface area contributed by atoms with Crippen LogP contribution in [-0.4, -0.2) is 61.6 Å². The molecule has 0 saturated carbocycles. The monoisotopic (exact) mass is 405 g/mol. The molecule has 1 saturated heterocycles. The fourth-order valence-corrected chi connectivity index (χ4v) is 5.15. The van der Waals surface area contributed by atoms with Gasteiger partial charge in [-0.2, -0.15) is 0 Å². The maximum Gasteiger partial charge on any atom is 0.316 e. The third kappa shape index (κ3) is 6.20. The third-order valence-electron chi connectivity index (χ3n) is 3.84. The molecule has 6 nitrogen and oxygen atoms in total. The van der Waals surface area contributed by atoms with Crippen molar-refractivity contribution in [1.29, 1.82) is 0 Å². The minimum absolute atomic E-state index is 0.0209. The van der Waals surface area contributed by atoms with Crippen LogP contribution in [-0.2, 0) is 24.2 Å². The van der Waals surface area contributed by atoms with E-state index >= 15 is 0 Å². The summed E-state index contributed by atoms with van der Waals surface area (Å²) in [7, 11) is -3.07. The van der Waals surface area contributed by atoms with Crippen molar-refractivity contribution >= 4 is 45.1 Å². The number of halogens is 1. The molecule has 1 aliphatic heterocycles. The van der Waals surface area contributed by atoms with Crippen LogP contribution < -0.4 is 0 Å².